The molecule has 0 aliphatic carbocycles. The van der Waals surface area contributed by atoms with Gasteiger partial charge in [-0.1, -0.05) is 23.7 Å². The number of anilines is 1. The molecular formula is C24H25ClN4O3. The van der Waals surface area contributed by atoms with Crippen LogP contribution in [0.3, 0.4) is 0 Å². The van der Waals surface area contributed by atoms with Crippen molar-refractivity contribution in [2.75, 3.05) is 18.4 Å². The summed E-state index contributed by atoms with van der Waals surface area (Å²) in [6.07, 6.45) is 1.57. The topological polar surface area (TPSA) is 94.3 Å². The Balaban J connectivity index is 1.23. The van der Waals surface area contributed by atoms with Crippen molar-refractivity contribution in [3.05, 3.63) is 64.3 Å². The minimum absolute atomic E-state index is 0.0510. The SMILES string of the molecule is CC(=O)c1cccc(NC(=O)CCCNC(=O)N2CCc3c([nH]c4ccc(Cl)cc34)C2)c1. The molecule has 2 aromatic carbocycles. The summed E-state index contributed by atoms with van der Waals surface area (Å²) in [5, 5.41) is 7.51. The maximum Gasteiger partial charge on any atom is 0.317 e. The third-order valence-electron chi connectivity index (χ3n) is 5.63. The molecule has 3 amide bonds. The molecule has 8 heteroatoms. The normalized spacial score (nSPS) is 13.0. The minimum atomic E-state index is -0.153. The van der Waals surface area contributed by atoms with Gasteiger partial charge < -0.3 is 20.5 Å². The van der Waals surface area contributed by atoms with Gasteiger partial charge in [-0.15, -0.1) is 0 Å². The van der Waals surface area contributed by atoms with Crippen molar-refractivity contribution < 1.29 is 14.4 Å². The molecule has 0 unspecified atom stereocenters. The number of carbonyl (C=O) groups is 3. The molecule has 3 aromatic rings. The van der Waals surface area contributed by atoms with Gasteiger partial charge in [-0.05, 0) is 55.7 Å². The van der Waals surface area contributed by atoms with Gasteiger partial charge in [-0.25, -0.2) is 4.79 Å². The van der Waals surface area contributed by atoms with Crippen molar-refractivity contribution in [3.8, 4) is 0 Å². The van der Waals surface area contributed by atoms with Crippen LogP contribution >= 0.6 is 11.6 Å². The zero-order chi connectivity index (χ0) is 22.7. The number of ketones is 1. The predicted octanol–water partition coefficient (Wildman–Crippen LogP) is 4.51. The average molecular weight is 453 g/mol. The van der Waals surface area contributed by atoms with Gasteiger partial charge in [-0.3, -0.25) is 9.59 Å². The molecule has 0 saturated carbocycles. The predicted molar refractivity (Wildman–Crippen MR) is 125 cm³/mol. The molecule has 0 atom stereocenters. The van der Waals surface area contributed by atoms with Crippen LogP contribution in [0, 0.1) is 0 Å². The Kier molecular flexibility index (Phi) is 6.46. The van der Waals surface area contributed by atoms with Crippen molar-refractivity contribution in [2.45, 2.75) is 32.7 Å². The second kappa shape index (κ2) is 9.44. The van der Waals surface area contributed by atoms with Crippen molar-refractivity contribution in [1.82, 2.24) is 15.2 Å². The van der Waals surface area contributed by atoms with Gasteiger partial charge in [0.25, 0.3) is 0 Å². The monoisotopic (exact) mass is 452 g/mol. The lowest BCUT2D eigenvalue weighted by atomic mass is 10.0. The van der Waals surface area contributed by atoms with Gasteiger partial charge in [0.2, 0.25) is 5.91 Å². The van der Waals surface area contributed by atoms with Crippen LogP contribution in [0.5, 0.6) is 0 Å². The first-order valence-corrected chi connectivity index (χ1v) is 11.0. The highest BCUT2D eigenvalue weighted by atomic mass is 35.5. The molecule has 32 heavy (non-hydrogen) atoms. The summed E-state index contributed by atoms with van der Waals surface area (Å²) < 4.78 is 0. The average Bonchev–Trinajstić information content (AvgIpc) is 3.13. The van der Waals surface area contributed by atoms with Gasteiger partial charge in [0.15, 0.2) is 5.78 Å². The van der Waals surface area contributed by atoms with Crippen molar-refractivity contribution in [2.24, 2.45) is 0 Å². The number of rotatable bonds is 6. The lowest BCUT2D eigenvalue weighted by Crippen LogP contribution is -2.43. The number of nitrogens with one attached hydrogen (secondary N) is 3. The Morgan fingerprint density at radius 2 is 2.00 bits per heavy atom. The van der Waals surface area contributed by atoms with E-state index < -0.39 is 0 Å². The second-order valence-corrected chi connectivity index (χ2v) is 8.40. The number of hydrogen-bond donors (Lipinski definition) is 3. The first-order chi connectivity index (χ1) is 15.4. The number of carbonyl (C=O) groups excluding carboxylic acids is 3. The number of fused-ring (bicyclic) bond motifs is 3. The highest BCUT2D eigenvalue weighted by Crippen LogP contribution is 2.29. The van der Waals surface area contributed by atoms with Gasteiger partial charge in [0.1, 0.15) is 0 Å². The highest BCUT2D eigenvalue weighted by molar-refractivity contribution is 6.31. The van der Waals surface area contributed by atoms with Crippen LogP contribution in [0.15, 0.2) is 42.5 Å². The van der Waals surface area contributed by atoms with Crippen LogP contribution < -0.4 is 10.6 Å². The lowest BCUT2D eigenvalue weighted by Gasteiger charge is -2.27. The number of H-pyrrole nitrogens is 1. The van der Waals surface area contributed by atoms with Gasteiger partial charge in [0.05, 0.1) is 6.54 Å². The van der Waals surface area contributed by atoms with E-state index >= 15 is 0 Å². The number of amides is 3. The number of hydrogen-bond acceptors (Lipinski definition) is 3. The van der Waals surface area contributed by atoms with Crippen LogP contribution in [0.1, 0.15) is 41.4 Å². The standard InChI is InChI=1S/C24H25ClN4O3/c1-15(30)16-4-2-5-18(12-16)27-23(31)6-3-10-26-24(32)29-11-9-19-20-13-17(25)7-8-21(20)28-22(19)14-29/h2,4-5,7-8,12-13,28H,3,6,9-11,14H2,1H3,(H,26,32)(H,27,31). The lowest BCUT2D eigenvalue weighted by molar-refractivity contribution is -0.116. The molecule has 0 spiro atoms. The van der Waals surface area contributed by atoms with E-state index in [1.165, 1.54) is 12.5 Å². The molecule has 3 N–H and O–H groups in total. The molecule has 1 aromatic heterocycles. The maximum absolute atomic E-state index is 12.6. The summed E-state index contributed by atoms with van der Waals surface area (Å²) >= 11 is 6.12. The van der Waals surface area contributed by atoms with E-state index in [2.05, 4.69) is 15.6 Å². The quantitative estimate of drug-likeness (QED) is 0.379. The first-order valence-electron chi connectivity index (χ1n) is 10.6. The minimum Gasteiger partial charge on any atom is -0.357 e. The molecule has 166 valence electrons. The number of nitrogens with zero attached hydrogens (tertiary/aromatic N) is 1. The number of aromatic nitrogens is 1. The molecular weight excluding hydrogens is 428 g/mol. The van der Waals surface area contributed by atoms with E-state index in [1.54, 1.807) is 29.2 Å². The number of halogens is 1. The Labute approximate surface area is 191 Å². The summed E-state index contributed by atoms with van der Waals surface area (Å²) in [4.78, 5) is 41.3. The zero-order valence-corrected chi connectivity index (χ0v) is 18.6. The Morgan fingerprint density at radius 1 is 1.16 bits per heavy atom. The fraction of sp³-hybridized carbons (Fsp3) is 0.292. The van der Waals surface area contributed by atoms with E-state index in [4.69, 9.17) is 11.6 Å². The number of aromatic amines is 1. The summed E-state index contributed by atoms with van der Waals surface area (Å²) in [7, 11) is 0. The molecule has 0 fully saturated rings. The van der Waals surface area contributed by atoms with Crippen molar-refractivity contribution in [3.63, 3.8) is 0 Å². The second-order valence-electron chi connectivity index (χ2n) is 7.96. The zero-order valence-electron chi connectivity index (χ0n) is 17.8. The number of benzene rings is 2. The first kappa shape index (κ1) is 21.9. The van der Waals surface area contributed by atoms with E-state index in [0.717, 1.165) is 23.0 Å². The van der Waals surface area contributed by atoms with E-state index in [0.29, 0.717) is 42.3 Å². The third-order valence-corrected chi connectivity index (χ3v) is 5.87. The smallest absolute Gasteiger partial charge is 0.317 e. The van der Waals surface area contributed by atoms with Crippen LogP contribution in [-0.4, -0.2) is 40.7 Å². The maximum atomic E-state index is 12.6. The van der Waals surface area contributed by atoms with Gasteiger partial charge >= 0.3 is 6.03 Å². The molecule has 2 heterocycles. The van der Waals surface area contributed by atoms with E-state index in [-0.39, 0.29) is 24.1 Å². The van der Waals surface area contributed by atoms with E-state index in [9.17, 15) is 14.4 Å². The van der Waals surface area contributed by atoms with Crippen LogP contribution in [0.4, 0.5) is 10.5 Å². The number of Topliss-reactive ketones (excluding diaryl/α,β-unsaturated/α-hetero) is 1. The number of urea groups is 1. The summed E-state index contributed by atoms with van der Waals surface area (Å²) in [6, 6.07) is 12.5. The molecule has 7 nitrogen and oxygen atoms in total. The van der Waals surface area contributed by atoms with Crippen LogP contribution in [0.2, 0.25) is 5.02 Å². The summed E-state index contributed by atoms with van der Waals surface area (Å²) in [6.45, 7) is 3.04. The molecule has 1 aliphatic rings. The highest BCUT2D eigenvalue weighted by Gasteiger charge is 2.23. The fourth-order valence-electron chi connectivity index (χ4n) is 3.98. The van der Waals surface area contributed by atoms with Gasteiger partial charge in [-0.2, -0.15) is 0 Å². The third kappa shape index (κ3) is 4.94. The van der Waals surface area contributed by atoms with E-state index in [1.807, 2.05) is 18.2 Å². The Hall–Kier alpha value is -3.32. The van der Waals surface area contributed by atoms with Crippen molar-refractivity contribution >= 4 is 45.9 Å². The van der Waals surface area contributed by atoms with Crippen molar-refractivity contribution in [1.29, 1.82) is 0 Å². The van der Waals surface area contributed by atoms with Gasteiger partial charge in [0, 0.05) is 52.4 Å². The van der Waals surface area contributed by atoms with Crippen LogP contribution in [0.25, 0.3) is 10.9 Å². The Bertz CT molecular complexity index is 1190. The molecule has 4 rings (SSSR count). The molecule has 0 radical (unpaired) electrons. The Morgan fingerprint density at radius 3 is 2.81 bits per heavy atom. The molecule has 0 saturated heterocycles. The fourth-order valence-corrected chi connectivity index (χ4v) is 4.15. The summed E-state index contributed by atoms with van der Waals surface area (Å²) in [5.74, 6) is -0.204. The van der Waals surface area contributed by atoms with Crippen LogP contribution in [-0.2, 0) is 17.8 Å². The largest absolute Gasteiger partial charge is 0.357 e. The molecule has 0 bridgehead atoms. The summed E-state index contributed by atoms with van der Waals surface area (Å²) in [5.41, 5.74) is 4.43. The molecule has 1 aliphatic heterocycles.